The van der Waals surface area contributed by atoms with E-state index >= 15 is 0 Å². The van der Waals surface area contributed by atoms with E-state index in [4.69, 9.17) is 14.7 Å². The molecule has 0 bridgehead atoms. The number of rotatable bonds is 3. The van der Waals surface area contributed by atoms with Gasteiger partial charge in [0.1, 0.15) is 17.5 Å². The molecule has 1 aromatic heterocycles. The summed E-state index contributed by atoms with van der Waals surface area (Å²) in [6.07, 6.45) is 7.19. The number of amides is 1. The summed E-state index contributed by atoms with van der Waals surface area (Å²) in [4.78, 5) is 17.2. The van der Waals surface area contributed by atoms with E-state index in [9.17, 15) is 9.90 Å². The minimum atomic E-state index is -0.262. The number of ether oxygens (including phenoxy) is 2. The summed E-state index contributed by atoms with van der Waals surface area (Å²) in [6, 6.07) is 5.60. The fraction of sp³-hybridized carbons (Fsp3) is 0.682. The average Bonchev–Trinajstić information content (AvgIpc) is 2.71. The first-order valence-electron chi connectivity index (χ1n) is 10.6. The quantitative estimate of drug-likeness (QED) is 0.821. The van der Waals surface area contributed by atoms with E-state index in [2.05, 4.69) is 4.98 Å². The normalized spacial score (nSPS) is 17.9. The summed E-state index contributed by atoms with van der Waals surface area (Å²) in [5.41, 5.74) is 1.26. The van der Waals surface area contributed by atoms with Crippen molar-refractivity contribution in [3.8, 4) is 11.8 Å². The Morgan fingerprint density at radius 1 is 1.21 bits per heavy atom. The molecule has 7 heteroatoms. The molecule has 7 nitrogen and oxygen atoms in total. The molecule has 1 aromatic rings. The lowest BCUT2D eigenvalue weighted by Gasteiger charge is -2.29. The second-order valence-corrected chi connectivity index (χ2v) is 7.92. The molecule has 0 atom stereocenters. The molecule has 3 rings (SSSR count). The lowest BCUT2D eigenvalue weighted by molar-refractivity contribution is 0.0457. The molecule has 1 N–H and O–H groups in total. The van der Waals surface area contributed by atoms with Gasteiger partial charge in [-0.1, -0.05) is 6.42 Å². The summed E-state index contributed by atoms with van der Waals surface area (Å²) in [5.74, 6) is 0.825. The Hall–Kier alpha value is -2.33. The van der Waals surface area contributed by atoms with Crippen LogP contribution in [0.4, 0.5) is 4.79 Å². The largest absolute Gasteiger partial charge is 0.489 e. The first-order valence-corrected chi connectivity index (χ1v) is 10.6. The van der Waals surface area contributed by atoms with Crippen LogP contribution < -0.4 is 4.74 Å². The van der Waals surface area contributed by atoms with Crippen LogP contribution in [-0.2, 0) is 4.74 Å². The first-order chi connectivity index (χ1) is 13.9. The number of hydrogen-bond acceptors (Lipinski definition) is 6. The molecule has 2 fully saturated rings. The van der Waals surface area contributed by atoms with Crippen molar-refractivity contribution in [2.75, 3.05) is 13.1 Å². The molecule has 2 heterocycles. The Morgan fingerprint density at radius 2 is 1.86 bits per heavy atom. The number of pyridine rings is 1. The number of aliphatic hydroxyl groups is 1. The minimum absolute atomic E-state index is 0.0700. The third-order valence-electron chi connectivity index (χ3n) is 5.06. The van der Waals surface area contributed by atoms with Crippen molar-refractivity contribution in [3.63, 3.8) is 0 Å². The molecule has 1 saturated heterocycles. The smallest absolute Gasteiger partial charge is 0.410 e. The van der Waals surface area contributed by atoms with Crippen LogP contribution in [0.2, 0.25) is 0 Å². The van der Waals surface area contributed by atoms with Crippen LogP contribution in [0.15, 0.2) is 12.1 Å². The highest BCUT2D eigenvalue weighted by Crippen LogP contribution is 2.25. The molecule has 1 aliphatic heterocycles. The molecule has 1 amide bonds. The van der Waals surface area contributed by atoms with Crippen LogP contribution in [0.3, 0.4) is 0 Å². The SMILES string of the molecule is CC(C)OC(=O)N1CCC(O)CC1.Cc1nc(C#N)ccc1OC1CCCCC1. The zero-order chi connectivity index (χ0) is 21.2. The van der Waals surface area contributed by atoms with Crippen molar-refractivity contribution in [1.82, 2.24) is 9.88 Å². The number of aliphatic hydroxyl groups excluding tert-OH is 1. The van der Waals surface area contributed by atoms with Gasteiger partial charge in [-0.3, -0.25) is 0 Å². The van der Waals surface area contributed by atoms with Crippen molar-refractivity contribution in [1.29, 1.82) is 5.26 Å². The number of nitrogens with zero attached hydrogens (tertiary/aromatic N) is 3. The number of aromatic nitrogens is 1. The molecule has 0 aromatic carbocycles. The van der Waals surface area contributed by atoms with Crippen LogP contribution in [-0.4, -0.2) is 52.5 Å². The standard InChI is InChI=1S/C13H16N2O.C9H17NO3/c1-10-13(8-7-11(9-14)15-10)16-12-5-3-2-4-6-12;1-7(2)13-9(12)10-5-3-8(11)4-6-10/h7-8,12H,2-6H2,1H3;7-8,11H,3-6H2,1-2H3. The predicted molar refractivity (Wildman–Crippen MR) is 110 cm³/mol. The maximum atomic E-state index is 11.3. The van der Waals surface area contributed by atoms with E-state index in [0.29, 0.717) is 37.7 Å². The van der Waals surface area contributed by atoms with Gasteiger partial charge >= 0.3 is 6.09 Å². The van der Waals surface area contributed by atoms with Crippen LogP contribution in [0.25, 0.3) is 0 Å². The molecular weight excluding hydrogens is 370 g/mol. The fourth-order valence-corrected chi connectivity index (χ4v) is 3.42. The van der Waals surface area contributed by atoms with Crippen molar-refractivity contribution >= 4 is 6.09 Å². The van der Waals surface area contributed by atoms with Crippen molar-refractivity contribution in [3.05, 3.63) is 23.5 Å². The molecule has 1 aliphatic carbocycles. The number of carbonyl (C=O) groups excluding carboxylic acids is 1. The summed E-state index contributed by atoms with van der Waals surface area (Å²) in [7, 11) is 0. The molecule has 0 unspecified atom stereocenters. The van der Waals surface area contributed by atoms with E-state index in [-0.39, 0.29) is 18.3 Å². The van der Waals surface area contributed by atoms with Crippen LogP contribution in [0.5, 0.6) is 5.75 Å². The highest BCUT2D eigenvalue weighted by Gasteiger charge is 2.22. The zero-order valence-corrected chi connectivity index (χ0v) is 17.8. The number of nitriles is 1. The van der Waals surface area contributed by atoms with Gasteiger partial charge in [-0.05, 0) is 71.4 Å². The van der Waals surface area contributed by atoms with Crippen molar-refractivity contribution in [2.45, 2.75) is 84.0 Å². The lowest BCUT2D eigenvalue weighted by Crippen LogP contribution is -2.41. The number of aryl methyl sites for hydroxylation is 1. The second-order valence-electron chi connectivity index (χ2n) is 7.92. The molecule has 1 saturated carbocycles. The average molecular weight is 404 g/mol. The Bertz CT molecular complexity index is 688. The van der Waals surface area contributed by atoms with Gasteiger partial charge in [-0.2, -0.15) is 5.26 Å². The maximum absolute atomic E-state index is 11.3. The summed E-state index contributed by atoms with van der Waals surface area (Å²) < 4.78 is 10.9. The van der Waals surface area contributed by atoms with Gasteiger partial charge in [0.25, 0.3) is 0 Å². The minimum Gasteiger partial charge on any atom is -0.489 e. The van der Waals surface area contributed by atoms with Gasteiger partial charge in [0.05, 0.1) is 24.0 Å². The van der Waals surface area contributed by atoms with E-state index < -0.39 is 0 Å². The van der Waals surface area contributed by atoms with Gasteiger partial charge in [0.15, 0.2) is 0 Å². The molecule has 0 radical (unpaired) electrons. The summed E-state index contributed by atoms with van der Waals surface area (Å²) >= 11 is 0. The highest BCUT2D eigenvalue weighted by molar-refractivity contribution is 5.67. The number of carbonyl (C=O) groups is 1. The van der Waals surface area contributed by atoms with Gasteiger partial charge in [0, 0.05) is 13.1 Å². The lowest BCUT2D eigenvalue weighted by atomic mass is 9.98. The van der Waals surface area contributed by atoms with Crippen molar-refractivity contribution < 1.29 is 19.4 Å². The number of likely N-dealkylation sites (tertiary alicyclic amines) is 1. The fourth-order valence-electron chi connectivity index (χ4n) is 3.42. The van der Waals surface area contributed by atoms with E-state index in [1.807, 2.05) is 32.9 Å². The second kappa shape index (κ2) is 11.6. The number of piperidine rings is 1. The van der Waals surface area contributed by atoms with Crippen LogP contribution >= 0.6 is 0 Å². The van der Waals surface area contributed by atoms with Crippen LogP contribution in [0, 0.1) is 18.3 Å². The van der Waals surface area contributed by atoms with Crippen molar-refractivity contribution in [2.24, 2.45) is 0 Å². The van der Waals surface area contributed by atoms with Gasteiger partial charge in [0.2, 0.25) is 0 Å². The molecule has 0 spiro atoms. The predicted octanol–water partition coefficient (Wildman–Crippen LogP) is 3.96. The van der Waals surface area contributed by atoms with Gasteiger partial charge in [-0.15, -0.1) is 0 Å². The van der Waals surface area contributed by atoms with E-state index in [1.54, 1.807) is 11.0 Å². The Balaban J connectivity index is 0.000000212. The third-order valence-corrected chi connectivity index (χ3v) is 5.06. The Kier molecular flexibility index (Phi) is 9.20. The molecule has 160 valence electrons. The highest BCUT2D eigenvalue weighted by atomic mass is 16.6. The van der Waals surface area contributed by atoms with Crippen LogP contribution in [0.1, 0.15) is 70.2 Å². The monoisotopic (exact) mass is 403 g/mol. The summed E-state index contributed by atoms with van der Waals surface area (Å²) in [5, 5.41) is 17.9. The van der Waals surface area contributed by atoms with E-state index in [1.165, 1.54) is 19.3 Å². The molecular formula is C22H33N3O4. The van der Waals surface area contributed by atoms with Gasteiger partial charge < -0.3 is 19.5 Å². The number of hydrogen-bond donors (Lipinski definition) is 1. The zero-order valence-electron chi connectivity index (χ0n) is 17.8. The molecule has 2 aliphatic rings. The van der Waals surface area contributed by atoms with E-state index in [0.717, 1.165) is 24.3 Å². The third kappa shape index (κ3) is 7.90. The molecule has 29 heavy (non-hydrogen) atoms. The summed E-state index contributed by atoms with van der Waals surface area (Å²) in [6.45, 7) is 6.76. The first kappa shape index (κ1) is 23.0. The topological polar surface area (TPSA) is 95.7 Å². The Morgan fingerprint density at radius 3 is 2.41 bits per heavy atom. The Labute approximate surface area is 173 Å². The van der Waals surface area contributed by atoms with Gasteiger partial charge in [-0.25, -0.2) is 9.78 Å². The maximum Gasteiger partial charge on any atom is 0.410 e.